The third-order valence-corrected chi connectivity index (χ3v) is 1.59. The number of ether oxygens (including phenoxy) is 1. The lowest BCUT2D eigenvalue weighted by Crippen LogP contribution is -2.43. The van der Waals surface area contributed by atoms with Gasteiger partial charge >= 0.3 is 17.7 Å². The summed E-state index contributed by atoms with van der Waals surface area (Å²) in [5.41, 5.74) is 0. The number of rotatable bonds is 3. The predicted molar refractivity (Wildman–Crippen MR) is 30.5 cm³/mol. The molecule has 0 aliphatic carbocycles. The van der Waals surface area contributed by atoms with E-state index in [9.17, 15) is 30.7 Å². The summed E-state index contributed by atoms with van der Waals surface area (Å²) in [6.45, 7) is 0. The van der Waals surface area contributed by atoms with E-state index in [2.05, 4.69) is 0 Å². The van der Waals surface area contributed by atoms with Crippen molar-refractivity contribution in [1.82, 2.24) is 0 Å². The smallest absolute Gasteiger partial charge is 0.220 e. The highest BCUT2D eigenvalue weighted by Crippen LogP contribution is 2.45. The van der Waals surface area contributed by atoms with Crippen molar-refractivity contribution in [3.63, 3.8) is 0 Å². The van der Waals surface area contributed by atoms with E-state index in [4.69, 9.17) is 0 Å². The summed E-state index contributed by atoms with van der Waals surface area (Å²) in [6, 6.07) is 0. The highest BCUT2D eigenvalue weighted by molar-refractivity contribution is 7.99. The first-order valence-corrected chi connectivity index (χ1v) is 3.82. The maximum absolute atomic E-state index is 12.0. The molecule has 0 heterocycles. The fraction of sp³-hybridized carbons (Fsp3) is 1.00. The van der Waals surface area contributed by atoms with Gasteiger partial charge in [-0.05, 0) is 6.26 Å². The van der Waals surface area contributed by atoms with E-state index in [0.29, 0.717) is 6.26 Å². The topological polar surface area (TPSA) is 9.23 Å². The molecule has 0 spiro atoms. The van der Waals surface area contributed by atoms with Crippen LogP contribution >= 0.6 is 11.8 Å². The van der Waals surface area contributed by atoms with Crippen molar-refractivity contribution in [2.45, 2.75) is 17.7 Å². The van der Waals surface area contributed by atoms with Gasteiger partial charge < -0.3 is 0 Å². The Labute approximate surface area is 72.2 Å². The molecular formula is C4H3F7OS. The van der Waals surface area contributed by atoms with Crippen LogP contribution < -0.4 is 0 Å². The number of alkyl halides is 7. The van der Waals surface area contributed by atoms with Crippen molar-refractivity contribution < 1.29 is 35.5 Å². The zero-order valence-electron chi connectivity index (χ0n) is 5.96. The number of thioether (sulfide) groups is 1. The van der Waals surface area contributed by atoms with Crippen LogP contribution in [0.4, 0.5) is 30.7 Å². The lowest BCUT2D eigenvalue weighted by atomic mass is 10.6. The van der Waals surface area contributed by atoms with Gasteiger partial charge in [0.1, 0.15) is 0 Å². The summed E-state index contributed by atoms with van der Waals surface area (Å²) in [4.78, 5) is 0. The summed E-state index contributed by atoms with van der Waals surface area (Å²) in [5, 5.41) is -4.91. The molecule has 13 heavy (non-hydrogen) atoms. The second kappa shape index (κ2) is 3.52. The van der Waals surface area contributed by atoms with Crippen molar-refractivity contribution in [2.75, 3.05) is 6.26 Å². The van der Waals surface area contributed by atoms with Crippen LogP contribution in [0.3, 0.4) is 0 Å². The van der Waals surface area contributed by atoms with E-state index in [1.807, 2.05) is 4.74 Å². The lowest BCUT2D eigenvalue weighted by Gasteiger charge is -2.24. The molecule has 0 atom stereocenters. The Balaban J connectivity index is 4.58. The average Bonchev–Trinajstić information content (AvgIpc) is 1.81. The van der Waals surface area contributed by atoms with Gasteiger partial charge in [-0.2, -0.15) is 17.6 Å². The fourth-order valence-corrected chi connectivity index (χ4v) is 0.603. The van der Waals surface area contributed by atoms with E-state index in [1.165, 1.54) is 0 Å². The molecule has 0 aromatic carbocycles. The third kappa shape index (κ3) is 3.59. The lowest BCUT2D eigenvalue weighted by molar-refractivity contribution is -0.451. The summed E-state index contributed by atoms with van der Waals surface area (Å²) < 4.78 is 83.6. The van der Waals surface area contributed by atoms with Crippen molar-refractivity contribution in [2.24, 2.45) is 0 Å². The Kier molecular flexibility index (Phi) is 3.47. The summed E-state index contributed by atoms with van der Waals surface area (Å²) >= 11 is -0.734. The van der Waals surface area contributed by atoms with Crippen molar-refractivity contribution in [3.8, 4) is 0 Å². The van der Waals surface area contributed by atoms with Crippen LogP contribution in [0.15, 0.2) is 0 Å². The maximum Gasteiger partial charge on any atom is 0.527 e. The zero-order valence-corrected chi connectivity index (χ0v) is 6.78. The first-order chi connectivity index (χ1) is 5.52. The Bertz CT molecular complexity index is 176. The standard InChI is InChI=1S/C4H3F7OS/c1-13-3(7,8)2(5,6)12-4(9,10)11/h1H3. The molecule has 0 unspecified atom stereocenters. The molecule has 0 aliphatic heterocycles. The molecule has 0 radical (unpaired) electrons. The molecule has 0 aromatic rings. The molecule has 0 fully saturated rings. The van der Waals surface area contributed by atoms with Gasteiger partial charge in [0.15, 0.2) is 0 Å². The quantitative estimate of drug-likeness (QED) is 0.691. The Morgan fingerprint density at radius 2 is 1.31 bits per heavy atom. The molecule has 0 rings (SSSR count). The van der Waals surface area contributed by atoms with Crippen LogP contribution in [0.5, 0.6) is 0 Å². The van der Waals surface area contributed by atoms with Crippen LogP contribution in [0.2, 0.25) is 0 Å². The Morgan fingerprint density at radius 1 is 0.923 bits per heavy atom. The van der Waals surface area contributed by atoms with Crippen molar-refractivity contribution >= 4 is 11.8 Å². The minimum atomic E-state index is -5.80. The van der Waals surface area contributed by atoms with E-state index >= 15 is 0 Å². The summed E-state index contributed by atoms with van der Waals surface area (Å²) in [6.07, 6.45) is -10.8. The second-order valence-electron chi connectivity index (χ2n) is 1.79. The van der Waals surface area contributed by atoms with Crippen molar-refractivity contribution in [3.05, 3.63) is 0 Å². The zero-order chi connectivity index (χ0) is 10.9. The molecule has 0 bridgehead atoms. The minimum Gasteiger partial charge on any atom is -0.220 e. The first-order valence-electron chi connectivity index (χ1n) is 2.59. The van der Waals surface area contributed by atoms with Gasteiger partial charge in [-0.15, -0.1) is 13.2 Å². The second-order valence-corrected chi connectivity index (χ2v) is 2.71. The molecule has 9 heteroatoms. The molecule has 0 saturated carbocycles. The van der Waals surface area contributed by atoms with Gasteiger partial charge in [0.25, 0.3) is 0 Å². The summed E-state index contributed by atoms with van der Waals surface area (Å²) in [5.74, 6) is 0. The molecule has 0 N–H and O–H groups in total. The largest absolute Gasteiger partial charge is 0.527 e. The monoisotopic (exact) mass is 232 g/mol. The first kappa shape index (κ1) is 12.8. The minimum absolute atomic E-state index is 0.535. The normalized spacial score (nSPS) is 14.8. The number of hydrogen-bond acceptors (Lipinski definition) is 2. The molecule has 0 amide bonds. The van der Waals surface area contributed by atoms with Gasteiger partial charge in [-0.25, -0.2) is 4.74 Å². The van der Waals surface area contributed by atoms with Gasteiger partial charge in [-0.1, -0.05) is 11.8 Å². The van der Waals surface area contributed by atoms with E-state index in [0.717, 1.165) is 0 Å². The number of halogens is 7. The summed E-state index contributed by atoms with van der Waals surface area (Å²) in [7, 11) is 0. The fourth-order valence-electron chi connectivity index (χ4n) is 0.324. The van der Waals surface area contributed by atoms with Crippen LogP contribution in [-0.4, -0.2) is 24.0 Å². The molecule has 1 nitrogen and oxygen atoms in total. The van der Waals surface area contributed by atoms with Crippen molar-refractivity contribution in [1.29, 1.82) is 0 Å². The molecular weight excluding hydrogens is 229 g/mol. The van der Waals surface area contributed by atoms with Gasteiger partial charge in [-0.3, -0.25) is 0 Å². The highest BCUT2D eigenvalue weighted by Gasteiger charge is 2.62. The maximum atomic E-state index is 12.0. The average molecular weight is 232 g/mol. The SMILES string of the molecule is CSC(F)(F)C(F)(F)OC(F)(F)F. The van der Waals surface area contributed by atoms with E-state index in [1.54, 1.807) is 0 Å². The van der Waals surface area contributed by atoms with Gasteiger partial charge in [0, 0.05) is 0 Å². The van der Waals surface area contributed by atoms with Crippen LogP contribution in [0.1, 0.15) is 0 Å². The Morgan fingerprint density at radius 3 is 1.54 bits per heavy atom. The van der Waals surface area contributed by atoms with Crippen LogP contribution in [0, 0.1) is 0 Å². The molecule has 80 valence electrons. The molecule has 0 aliphatic rings. The predicted octanol–water partition coefficient (Wildman–Crippen LogP) is 3.07. The van der Waals surface area contributed by atoms with E-state index in [-0.39, 0.29) is 0 Å². The third-order valence-electron chi connectivity index (χ3n) is 0.839. The molecule has 0 saturated heterocycles. The number of hydrogen-bond donors (Lipinski definition) is 0. The molecule has 0 aromatic heterocycles. The van der Waals surface area contributed by atoms with Crippen LogP contribution in [-0.2, 0) is 4.74 Å². The van der Waals surface area contributed by atoms with Gasteiger partial charge in [0.2, 0.25) is 0 Å². The highest BCUT2D eigenvalue weighted by atomic mass is 32.2. The van der Waals surface area contributed by atoms with E-state index < -0.39 is 29.5 Å². The van der Waals surface area contributed by atoms with Crippen LogP contribution in [0.25, 0.3) is 0 Å². The Hall–Kier alpha value is -0.180. The van der Waals surface area contributed by atoms with Gasteiger partial charge in [0.05, 0.1) is 0 Å².